The number of aromatic nitrogens is 4. The molecule has 0 saturated carbocycles. The second kappa shape index (κ2) is 9.33. The normalized spacial score (nSPS) is 13.8. The number of hydrogen-bond donors (Lipinski definition) is 1. The molecule has 2 aromatic heterocycles. The zero-order chi connectivity index (χ0) is 22.6. The minimum atomic E-state index is 0.588. The Hall–Kier alpha value is -3.85. The summed E-state index contributed by atoms with van der Waals surface area (Å²) in [4.78, 5) is 2.32. The maximum absolute atomic E-state index is 5.44. The van der Waals surface area contributed by atoms with Gasteiger partial charge in [0.15, 0.2) is 23.0 Å². The molecule has 4 aromatic rings. The first-order valence-corrected chi connectivity index (χ1v) is 10.9. The number of fused-ring (bicyclic) bond motifs is 1. The lowest BCUT2D eigenvalue weighted by atomic mass is 10.2. The summed E-state index contributed by atoms with van der Waals surface area (Å²) in [6, 6.07) is 18.0. The molecule has 9 nitrogen and oxygen atoms in total. The van der Waals surface area contributed by atoms with Crippen molar-refractivity contribution in [3.63, 3.8) is 0 Å². The van der Waals surface area contributed by atoms with Crippen LogP contribution in [0.5, 0.6) is 11.5 Å². The fraction of sp³-hybridized carbons (Fsp3) is 0.292. The average molecular weight is 447 g/mol. The summed E-state index contributed by atoms with van der Waals surface area (Å²) in [7, 11) is 3.26. The van der Waals surface area contributed by atoms with Crippen molar-refractivity contribution in [1.82, 2.24) is 19.8 Å². The first kappa shape index (κ1) is 21.0. The topological polar surface area (TPSA) is 86.0 Å². The van der Waals surface area contributed by atoms with Gasteiger partial charge in [-0.25, -0.2) is 0 Å². The van der Waals surface area contributed by atoms with Crippen LogP contribution in [0.3, 0.4) is 0 Å². The van der Waals surface area contributed by atoms with Gasteiger partial charge in [0.2, 0.25) is 0 Å². The van der Waals surface area contributed by atoms with Crippen molar-refractivity contribution in [3.05, 3.63) is 60.2 Å². The summed E-state index contributed by atoms with van der Waals surface area (Å²) in [5.41, 5.74) is 3.89. The fourth-order valence-electron chi connectivity index (χ4n) is 3.89. The van der Waals surface area contributed by atoms with Gasteiger partial charge in [0.1, 0.15) is 5.82 Å². The molecule has 0 aliphatic carbocycles. The lowest BCUT2D eigenvalue weighted by Crippen LogP contribution is -2.36. The highest BCUT2D eigenvalue weighted by Gasteiger charge is 2.14. The van der Waals surface area contributed by atoms with Crippen molar-refractivity contribution >= 4 is 17.2 Å². The van der Waals surface area contributed by atoms with E-state index < -0.39 is 0 Å². The molecule has 0 spiro atoms. The summed E-state index contributed by atoms with van der Waals surface area (Å²) < 4.78 is 17.9. The van der Waals surface area contributed by atoms with E-state index in [9.17, 15) is 0 Å². The van der Waals surface area contributed by atoms with Crippen LogP contribution in [0.4, 0.5) is 11.5 Å². The lowest BCUT2D eigenvalue weighted by molar-refractivity contribution is 0.122. The summed E-state index contributed by atoms with van der Waals surface area (Å²) in [5, 5.41) is 16.7. The van der Waals surface area contributed by atoms with Gasteiger partial charge in [0.05, 0.1) is 27.4 Å². The molecular formula is C24H26N6O3. The third kappa shape index (κ3) is 4.40. The van der Waals surface area contributed by atoms with E-state index in [-0.39, 0.29) is 0 Å². The summed E-state index contributed by atoms with van der Waals surface area (Å²) in [6.07, 6.45) is 0. The van der Waals surface area contributed by atoms with E-state index in [2.05, 4.69) is 44.7 Å². The largest absolute Gasteiger partial charge is 0.493 e. The molecule has 0 radical (unpaired) electrons. The Kier molecular flexibility index (Phi) is 5.95. The predicted octanol–water partition coefficient (Wildman–Crippen LogP) is 3.26. The Balaban J connectivity index is 1.34. The van der Waals surface area contributed by atoms with E-state index in [1.54, 1.807) is 18.7 Å². The molecule has 1 fully saturated rings. The molecule has 33 heavy (non-hydrogen) atoms. The number of methoxy groups -OCH3 is 2. The maximum atomic E-state index is 5.44. The molecule has 0 amide bonds. The third-order valence-corrected chi connectivity index (χ3v) is 5.69. The second-order valence-corrected chi connectivity index (χ2v) is 7.70. The smallest absolute Gasteiger partial charge is 0.185 e. The van der Waals surface area contributed by atoms with Crippen molar-refractivity contribution in [1.29, 1.82) is 0 Å². The molecule has 2 aromatic carbocycles. The van der Waals surface area contributed by atoms with Crippen LogP contribution in [0.2, 0.25) is 0 Å². The van der Waals surface area contributed by atoms with Gasteiger partial charge in [-0.3, -0.25) is 0 Å². The lowest BCUT2D eigenvalue weighted by Gasteiger charge is -2.28. The van der Waals surface area contributed by atoms with Gasteiger partial charge in [-0.1, -0.05) is 6.07 Å². The molecule has 0 unspecified atom stereocenters. The van der Waals surface area contributed by atoms with Gasteiger partial charge in [-0.05, 0) is 54.1 Å². The molecule has 1 aliphatic heterocycles. The Morgan fingerprint density at radius 1 is 0.909 bits per heavy atom. The van der Waals surface area contributed by atoms with Gasteiger partial charge in [0.25, 0.3) is 0 Å². The van der Waals surface area contributed by atoms with E-state index in [0.717, 1.165) is 43.2 Å². The number of anilines is 2. The zero-order valence-corrected chi connectivity index (χ0v) is 18.7. The summed E-state index contributed by atoms with van der Waals surface area (Å²) >= 11 is 0. The van der Waals surface area contributed by atoms with Gasteiger partial charge < -0.3 is 24.4 Å². The SMILES string of the molecule is COc1ccc(CNc2ccc3nnc(-c4ccc(N5CCOCC5)cc4)n3n2)cc1OC. The Bertz CT molecular complexity index is 1230. The quantitative estimate of drug-likeness (QED) is 0.463. The average Bonchev–Trinajstić information content (AvgIpc) is 3.31. The summed E-state index contributed by atoms with van der Waals surface area (Å²) in [6.45, 7) is 3.93. The number of morpholine rings is 1. The first-order valence-electron chi connectivity index (χ1n) is 10.9. The van der Waals surface area contributed by atoms with E-state index >= 15 is 0 Å². The van der Waals surface area contributed by atoms with Crippen LogP contribution in [-0.2, 0) is 11.3 Å². The van der Waals surface area contributed by atoms with Crippen LogP contribution in [0.15, 0.2) is 54.6 Å². The standard InChI is InChI=1S/C24H26N6O3/c1-31-20-8-3-17(15-21(20)32-2)16-25-22-9-10-23-26-27-24(30(23)28-22)18-4-6-19(7-5-18)29-11-13-33-14-12-29/h3-10,15H,11-14,16H2,1-2H3,(H,25,28). The van der Waals surface area contributed by atoms with E-state index in [1.165, 1.54) is 5.69 Å². The minimum absolute atomic E-state index is 0.588. The van der Waals surface area contributed by atoms with Crippen LogP contribution < -0.4 is 19.7 Å². The predicted molar refractivity (Wildman–Crippen MR) is 126 cm³/mol. The molecule has 9 heteroatoms. The van der Waals surface area contributed by atoms with Gasteiger partial charge in [0, 0.05) is 30.9 Å². The highest BCUT2D eigenvalue weighted by molar-refractivity contribution is 5.63. The van der Waals surface area contributed by atoms with Crippen molar-refractivity contribution in [2.24, 2.45) is 0 Å². The fourth-order valence-corrected chi connectivity index (χ4v) is 3.89. The molecule has 1 aliphatic rings. The minimum Gasteiger partial charge on any atom is -0.493 e. The van der Waals surface area contributed by atoms with Crippen molar-refractivity contribution < 1.29 is 14.2 Å². The maximum Gasteiger partial charge on any atom is 0.185 e. The molecule has 0 bridgehead atoms. The Morgan fingerprint density at radius 2 is 1.70 bits per heavy atom. The van der Waals surface area contributed by atoms with Crippen LogP contribution >= 0.6 is 0 Å². The Labute approximate surface area is 191 Å². The van der Waals surface area contributed by atoms with Gasteiger partial charge in [-0.2, -0.15) is 4.52 Å². The van der Waals surface area contributed by atoms with Crippen molar-refractivity contribution in [3.8, 4) is 22.9 Å². The molecule has 0 atom stereocenters. The van der Waals surface area contributed by atoms with Gasteiger partial charge in [-0.15, -0.1) is 15.3 Å². The van der Waals surface area contributed by atoms with Gasteiger partial charge >= 0.3 is 0 Å². The number of benzene rings is 2. The number of ether oxygens (including phenoxy) is 3. The van der Waals surface area contributed by atoms with E-state index in [4.69, 9.17) is 19.3 Å². The number of nitrogens with one attached hydrogen (secondary N) is 1. The highest BCUT2D eigenvalue weighted by atomic mass is 16.5. The molecule has 170 valence electrons. The highest BCUT2D eigenvalue weighted by Crippen LogP contribution is 2.28. The number of rotatable bonds is 7. The van der Waals surface area contributed by atoms with Crippen LogP contribution in [0.1, 0.15) is 5.56 Å². The van der Waals surface area contributed by atoms with Crippen LogP contribution in [0, 0.1) is 0 Å². The van der Waals surface area contributed by atoms with Crippen LogP contribution in [0.25, 0.3) is 17.0 Å². The third-order valence-electron chi connectivity index (χ3n) is 5.69. The molecule has 1 N–H and O–H groups in total. The van der Waals surface area contributed by atoms with Crippen LogP contribution in [-0.4, -0.2) is 60.3 Å². The van der Waals surface area contributed by atoms with E-state index in [1.807, 2.05) is 30.3 Å². The first-order chi connectivity index (χ1) is 16.2. The number of hydrogen-bond acceptors (Lipinski definition) is 8. The number of nitrogens with zero attached hydrogens (tertiary/aromatic N) is 5. The second-order valence-electron chi connectivity index (χ2n) is 7.70. The molecular weight excluding hydrogens is 420 g/mol. The van der Waals surface area contributed by atoms with E-state index in [0.29, 0.717) is 29.5 Å². The van der Waals surface area contributed by atoms with Crippen molar-refractivity contribution in [2.75, 3.05) is 50.7 Å². The van der Waals surface area contributed by atoms with Crippen molar-refractivity contribution in [2.45, 2.75) is 6.54 Å². The zero-order valence-electron chi connectivity index (χ0n) is 18.7. The molecule has 1 saturated heterocycles. The molecule has 3 heterocycles. The summed E-state index contributed by atoms with van der Waals surface area (Å²) in [5.74, 6) is 2.83. The Morgan fingerprint density at radius 3 is 2.45 bits per heavy atom. The monoisotopic (exact) mass is 446 g/mol. The molecule has 5 rings (SSSR count).